The van der Waals surface area contributed by atoms with Crippen molar-refractivity contribution < 1.29 is 14.9 Å². The highest BCUT2D eigenvalue weighted by molar-refractivity contribution is 9.10. The Labute approximate surface area is 115 Å². The zero-order chi connectivity index (χ0) is 13.4. The Morgan fingerprint density at radius 2 is 2.11 bits per heavy atom. The molecule has 0 unspecified atom stereocenters. The van der Waals surface area contributed by atoms with Crippen LogP contribution in [-0.2, 0) is 6.54 Å². The van der Waals surface area contributed by atoms with E-state index in [-0.39, 0.29) is 25.9 Å². The highest BCUT2D eigenvalue weighted by Crippen LogP contribution is 2.23. The average Bonchev–Trinajstić information content (AvgIpc) is 2.39. The number of rotatable bonds is 7. The van der Waals surface area contributed by atoms with Gasteiger partial charge in [0.1, 0.15) is 12.4 Å². The quantitative estimate of drug-likeness (QED) is 0.655. The van der Waals surface area contributed by atoms with Crippen molar-refractivity contribution in [3.05, 3.63) is 28.2 Å². The number of terminal acetylenes is 1. The first kappa shape index (κ1) is 15.0. The minimum absolute atomic E-state index is 0.120. The molecule has 1 rings (SSSR count). The van der Waals surface area contributed by atoms with E-state index in [1.165, 1.54) is 0 Å². The Kier molecular flexibility index (Phi) is 6.76. The summed E-state index contributed by atoms with van der Waals surface area (Å²) < 4.78 is 6.35. The number of ether oxygens (including phenoxy) is 1. The number of halogens is 1. The maximum atomic E-state index is 8.98. The van der Waals surface area contributed by atoms with Crippen molar-refractivity contribution in [2.45, 2.75) is 12.6 Å². The molecular formula is C13H16BrNO3. The summed E-state index contributed by atoms with van der Waals surface area (Å²) in [6.07, 6.45) is 5.16. The SMILES string of the molecule is C#CCOc1ccc(Br)cc1CNC(CO)CO. The van der Waals surface area contributed by atoms with Crippen LogP contribution in [0.4, 0.5) is 0 Å². The monoisotopic (exact) mass is 313 g/mol. The van der Waals surface area contributed by atoms with E-state index in [1.807, 2.05) is 18.2 Å². The van der Waals surface area contributed by atoms with Crippen molar-refractivity contribution in [1.29, 1.82) is 0 Å². The van der Waals surface area contributed by atoms with Gasteiger partial charge in [0.2, 0.25) is 0 Å². The van der Waals surface area contributed by atoms with Crippen LogP contribution in [0.1, 0.15) is 5.56 Å². The molecule has 0 fully saturated rings. The lowest BCUT2D eigenvalue weighted by molar-refractivity contribution is 0.170. The normalized spacial score (nSPS) is 10.4. The van der Waals surface area contributed by atoms with Gasteiger partial charge in [0.25, 0.3) is 0 Å². The standard InChI is InChI=1S/C13H16BrNO3/c1-2-5-18-13-4-3-11(14)6-10(13)7-15-12(8-16)9-17/h1,3-4,6,12,15-17H,5,7-9H2. The summed E-state index contributed by atoms with van der Waals surface area (Å²) >= 11 is 3.38. The lowest BCUT2D eigenvalue weighted by Crippen LogP contribution is -2.35. The Morgan fingerprint density at radius 1 is 1.39 bits per heavy atom. The molecule has 0 aliphatic heterocycles. The van der Waals surface area contributed by atoms with Crippen molar-refractivity contribution in [2.75, 3.05) is 19.8 Å². The molecule has 0 atom stereocenters. The molecule has 4 nitrogen and oxygen atoms in total. The maximum Gasteiger partial charge on any atom is 0.148 e. The van der Waals surface area contributed by atoms with Crippen LogP contribution in [0.15, 0.2) is 22.7 Å². The van der Waals surface area contributed by atoms with E-state index in [1.54, 1.807) is 0 Å². The fourth-order valence-electron chi connectivity index (χ4n) is 1.39. The largest absolute Gasteiger partial charge is 0.481 e. The van der Waals surface area contributed by atoms with Gasteiger partial charge in [0, 0.05) is 16.6 Å². The number of hydrogen-bond donors (Lipinski definition) is 3. The van der Waals surface area contributed by atoms with E-state index in [0.29, 0.717) is 12.3 Å². The Hall–Kier alpha value is -1.06. The highest BCUT2D eigenvalue weighted by atomic mass is 79.9. The molecule has 98 valence electrons. The van der Waals surface area contributed by atoms with Gasteiger partial charge in [-0.25, -0.2) is 0 Å². The zero-order valence-electron chi connectivity index (χ0n) is 9.90. The van der Waals surface area contributed by atoms with Gasteiger partial charge in [0.15, 0.2) is 0 Å². The molecule has 18 heavy (non-hydrogen) atoms. The third kappa shape index (κ3) is 4.67. The van der Waals surface area contributed by atoms with Crippen LogP contribution in [0, 0.1) is 12.3 Å². The lowest BCUT2D eigenvalue weighted by Gasteiger charge is -2.15. The van der Waals surface area contributed by atoms with Gasteiger partial charge in [-0.1, -0.05) is 21.9 Å². The number of hydrogen-bond acceptors (Lipinski definition) is 4. The van der Waals surface area contributed by atoms with Crippen LogP contribution < -0.4 is 10.1 Å². The fourth-order valence-corrected chi connectivity index (χ4v) is 1.80. The summed E-state index contributed by atoms with van der Waals surface area (Å²) in [7, 11) is 0. The summed E-state index contributed by atoms with van der Waals surface area (Å²) in [5.74, 6) is 3.10. The van der Waals surface area contributed by atoms with Crippen LogP contribution in [0.25, 0.3) is 0 Å². The van der Waals surface area contributed by atoms with E-state index in [0.717, 1.165) is 10.0 Å². The third-order valence-electron chi connectivity index (χ3n) is 2.36. The van der Waals surface area contributed by atoms with E-state index < -0.39 is 0 Å². The van der Waals surface area contributed by atoms with Crippen LogP contribution >= 0.6 is 15.9 Å². The number of aliphatic hydroxyl groups excluding tert-OH is 2. The predicted molar refractivity (Wildman–Crippen MR) is 73.3 cm³/mol. The summed E-state index contributed by atoms with van der Waals surface area (Å²) in [5.41, 5.74) is 0.909. The molecule has 0 radical (unpaired) electrons. The maximum absolute atomic E-state index is 8.98. The molecule has 1 aromatic rings. The van der Waals surface area contributed by atoms with Crippen molar-refractivity contribution in [2.24, 2.45) is 0 Å². The first-order chi connectivity index (χ1) is 8.71. The molecule has 0 aliphatic carbocycles. The van der Waals surface area contributed by atoms with Gasteiger partial charge in [-0.3, -0.25) is 0 Å². The molecule has 0 aliphatic rings. The van der Waals surface area contributed by atoms with Gasteiger partial charge >= 0.3 is 0 Å². The molecule has 1 aromatic carbocycles. The summed E-state index contributed by atoms with van der Waals surface area (Å²) in [6, 6.07) is 5.26. The van der Waals surface area contributed by atoms with E-state index in [9.17, 15) is 0 Å². The number of benzene rings is 1. The lowest BCUT2D eigenvalue weighted by atomic mass is 10.2. The summed E-state index contributed by atoms with van der Waals surface area (Å²) in [6.45, 7) is 0.444. The van der Waals surface area contributed by atoms with Gasteiger partial charge < -0.3 is 20.3 Å². The van der Waals surface area contributed by atoms with Crippen molar-refractivity contribution in [3.63, 3.8) is 0 Å². The van der Waals surface area contributed by atoms with Crippen LogP contribution in [-0.4, -0.2) is 36.1 Å². The molecule has 5 heteroatoms. The molecule has 0 bridgehead atoms. The second-order valence-electron chi connectivity index (χ2n) is 3.69. The minimum Gasteiger partial charge on any atom is -0.481 e. The first-order valence-corrected chi connectivity index (χ1v) is 6.30. The number of aliphatic hydroxyl groups is 2. The zero-order valence-corrected chi connectivity index (χ0v) is 11.5. The second-order valence-corrected chi connectivity index (χ2v) is 4.60. The topological polar surface area (TPSA) is 61.7 Å². The van der Waals surface area contributed by atoms with Crippen molar-refractivity contribution >= 4 is 15.9 Å². The molecule has 0 saturated heterocycles. The smallest absolute Gasteiger partial charge is 0.148 e. The van der Waals surface area contributed by atoms with Gasteiger partial charge in [0.05, 0.1) is 19.3 Å². The van der Waals surface area contributed by atoms with Crippen LogP contribution in [0.3, 0.4) is 0 Å². The van der Waals surface area contributed by atoms with Crippen molar-refractivity contribution in [3.8, 4) is 18.1 Å². The Bertz CT molecular complexity index is 413. The highest BCUT2D eigenvalue weighted by Gasteiger charge is 2.08. The molecule has 0 heterocycles. The minimum atomic E-state index is -0.343. The summed E-state index contributed by atoms with van der Waals surface area (Å²) in [5, 5.41) is 21.0. The molecule has 0 aromatic heterocycles. The first-order valence-electron chi connectivity index (χ1n) is 5.51. The third-order valence-corrected chi connectivity index (χ3v) is 2.85. The average molecular weight is 314 g/mol. The van der Waals surface area contributed by atoms with E-state index in [4.69, 9.17) is 21.4 Å². The van der Waals surface area contributed by atoms with Crippen molar-refractivity contribution in [1.82, 2.24) is 5.32 Å². The Morgan fingerprint density at radius 3 is 2.72 bits per heavy atom. The number of nitrogens with one attached hydrogen (secondary N) is 1. The van der Waals surface area contributed by atoms with Crippen LogP contribution in [0.5, 0.6) is 5.75 Å². The van der Waals surface area contributed by atoms with E-state index >= 15 is 0 Å². The Balaban J connectivity index is 2.72. The molecular weight excluding hydrogens is 298 g/mol. The van der Waals surface area contributed by atoms with Gasteiger partial charge in [-0.15, -0.1) is 6.42 Å². The molecule has 0 amide bonds. The van der Waals surface area contributed by atoms with Gasteiger partial charge in [-0.05, 0) is 18.2 Å². The fraction of sp³-hybridized carbons (Fsp3) is 0.385. The van der Waals surface area contributed by atoms with E-state index in [2.05, 4.69) is 27.2 Å². The molecule has 0 spiro atoms. The second kappa shape index (κ2) is 8.11. The summed E-state index contributed by atoms with van der Waals surface area (Å²) in [4.78, 5) is 0. The predicted octanol–water partition coefficient (Wildman–Crippen LogP) is 0.904. The molecule has 3 N–H and O–H groups in total. The van der Waals surface area contributed by atoms with Gasteiger partial charge in [-0.2, -0.15) is 0 Å². The molecule has 0 saturated carbocycles. The van der Waals surface area contributed by atoms with Crippen LogP contribution in [0.2, 0.25) is 0 Å².